The van der Waals surface area contributed by atoms with Crippen molar-refractivity contribution in [3.8, 4) is 0 Å². The van der Waals surface area contributed by atoms with Gasteiger partial charge >= 0.3 is 51.4 Å². The van der Waals surface area contributed by atoms with Gasteiger partial charge in [0.05, 0.1) is 0 Å². The van der Waals surface area contributed by atoms with Gasteiger partial charge in [0.1, 0.15) is 0 Å². The summed E-state index contributed by atoms with van der Waals surface area (Å²) in [5, 5.41) is 2.23. The quantitative estimate of drug-likeness (QED) is 0.573. The first-order valence-corrected chi connectivity index (χ1v) is 8.98. The molecular formula is C18H27KSi. The third-order valence-corrected chi connectivity index (χ3v) is 8.09. The molecular weight excluding hydrogens is 283 g/mol. The molecule has 0 saturated heterocycles. The summed E-state index contributed by atoms with van der Waals surface area (Å²) in [6.07, 6.45) is 13.3. The van der Waals surface area contributed by atoms with Crippen molar-refractivity contribution >= 4 is 14.7 Å². The average molecular weight is 311 g/mol. The second-order valence-electron chi connectivity index (χ2n) is 6.26. The van der Waals surface area contributed by atoms with E-state index < -0.39 is 0 Å². The summed E-state index contributed by atoms with van der Waals surface area (Å²) >= 11 is 0. The predicted octanol–water partition coefficient (Wildman–Crippen LogP) is 0.912. The maximum Gasteiger partial charge on any atom is 1.00 e. The van der Waals surface area contributed by atoms with Gasteiger partial charge < -0.3 is 0 Å². The van der Waals surface area contributed by atoms with Crippen molar-refractivity contribution in [1.82, 2.24) is 0 Å². The zero-order valence-electron chi connectivity index (χ0n) is 14.1. The van der Waals surface area contributed by atoms with Crippen LogP contribution in [-0.2, 0) is 0 Å². The first kappa shape index (κ1) is 18.7. The minimum Gasteiger partial charge on any atom is -0.196 e. The smallest absolute Gasteiger partial charge is 0.196 e. The molecule has 1 aromatic rings. The summed E-state index contributed by atoms with van der Waals surface area (Å²) in [6.45, 7) is 11.6. The molecule has 0 saturated carbocycles. The third kappa shape index (κ3) is 3.71. The first-order valence-electron chi connectivity index (χ1n) is 7.57. The van der Waals surface area contributed by atoms with Crippen molar-refractivity contribution in [2.24, 2.45) is 0 Å². The standard InChI is InChI=1S/C18H27Si.K/c1-6-10-18(11-8-7-9-12-18)19-17-15(4)13(2)14(3)16(17)5;/h7-9,11H,6,10,12,19H2,1-5H3;/q-1;+1. The van der Waals surface area contributed by atoms with Crippen LogP contribution >= 0.6 is 0 Å². The molecule has 2 rings (SSSR count). The minimum atomic E-state index is -0.272. The molecule has 0 aromatic heterocycles. The van der Waals surface area contributed by atoms with Crippen LogP contribution in [0.1, 0.15) is 48.4 Å². The molecule has 0 spiro atoms. The van der Waals surface area contributed by atoms with Gasteiger partial charge in [-0.15, -0.1) is 0 Å². The van der Waals surface area contributed by atoms with Gasteiger partial charge in [-0.3, -0.25) is 0 Å². The average Bonchev–Trinajstić information content (AvgIpc) is 2.58. The van der Waals surface area contributed by atoms with Crippen molar-refractivity contribution in [1.29, 1.82) is 0 Å². The Morgan fingerprint density at radius 2 is 1.70 bits per heavy atom. The number of hydrogen-bond donors (Lipinski definition) is 0. The van der Waals surface area contributed by atoms with Crippen molar-refractivity contribution in [2.75, 3.05) is 0 Å². The number of allylic oxidation sites excluding steroid dienone is 4. The first-order chi connectivity index (χ1) is 9.01. The van der Waals surface area contributed by atoms with E-state index in [0.717, 1.165) is 0 Å². The second-order valence-corrected chi connectivity index (χ2v) is 8.73. The van der Waals surface area contributed by atoms with Gasteiger partial charge in [-0.2, -0.15) is 27.4 Å². The van der Waals surface area contributed by atoms with Crippen LogP contribution < -0.4 is 56.6 Å². The van der Waals surface area contributed by atoms with Crippen LogP contribution in [0.4, 0.5) is 0 Å². The molecule has 1 unspecified atom stereocenters. The largest absolute Gasteiger partial charge is 1.00 e. The van der Waals surface area contributed by atoms with Crippen LogP contribution in [-0.4, -0.2) is 9.52 Å². The maximum atomic E-state index is 2.51. The van der Waals surface area contributed by atoms with E-state index >= 15 is 0 Å². The molecule has 20 heavy (non-hydrogen) atoms. The van der Waals surface area contributed by atoms with E-state index in [2.05, 4.69) is 58.9 Å². The van der Waals surface area contributed by atoms with E-state index in [4.69, 9.17) is 0 Å². The zero-order valence-corrected chi connectivity index (χ0v) is 18.7. The fraction of sp³-hybridized carbons (Fsp3) is 0.500. The molecule has 1 aromatic carbocycles. The molecule has 0 aliphatic heterocycles. The Kier molecular flexibility index (Phi) is 7.30. The molecule has 0 fully saturated rings. The van der Waals surface area contributed by atoms with Gasteiger partial charge in [-0.25, -0.2) is 0 Å². The molecule has 2 heteroatoms. The Hall–Kier alpha value is 0.683. The van der Waals surface area contributed by atoms with E-state index in [1.165, 1.54) is 30.4 Å². The predicted molar refractivity (Wildman–Crippen MR) is 89.7 cm³/mol. The van der Waals surface area contributed by atoms with E-state index in [1.54, 1.807) is 16.3 Å². The maximum absolute atomic E-state index is 2.51. The molecule has 1 aliphatic carbocycles. The van der Waals surface area contributed by atoms with Crippen LogP contribution in [0.3, 0.4) is 0 Å². The summed E-state index contributed by atoms with van der Waals surface area (Å²) in [4.78, 5) is 0. The molecule has 0 nitrogen and oxygen atoms in total. The summed E-state index contributed by atoms with van der Waals surface area (Å²) in [5.74, 6) is 0. The molecule has 1 atom stereocenters. The van der Waals surface area contributed by atoms with Crippen LogP contribution in [0.2, 0.25) is 5.04 Å². The van der Waals surface area contributed by atoms with Crippen LogP contribution in [0.5, 0.6) is 0 Å². The van der Waals surface area contributed by atoms with Gasteiger partial charge in [0, 0.05) is 9.52 Å². The fourth-order valence-corrected chi connectivity index (χ4v) is 6.39. The third-order valence-electron chi connectivity index (χ3n) is 5.09. The van der Waals surface area contributed by atoms with Crippen LogP contribution in [0.15, 0.2) is 24.3 Å². The van der Waals surface area contributed by atoms with E-state index in [1.807, 2.05) is 0 Å². The summed E-state index contributed by atoms with van der Waals surface area (Å²) in [7, 11) is -0.272. The van der Waals surface area contributed by atoms with E-state index in [9.17, 15) is 0 Å². The zero-order chi connectivity index (χ0) is 14.0. The molecule has 0 radical (unpaired) electrons. The van der Waals surface area contributed by atoms with Gasteiger partial charge in [0.15, 0.2) is 0 Å². The second kappa shape index (κ2) is 7.80. The molecule has 1 aliphatic rings. The van der Waals surface area contributed by atoms with Gasteiger partial charge in [0.25, 0.3) is 0 Å². The van der Waals surface area contributed by atoms with Crippen molar-refractivity contribution in [3.63, 3.8) is 0 Å². The molecule has 104 valence electrons. The van der Waals surface area contributed by atoms with Crippen molar-refractivity contribution < 1.29 is 51.4 Å². The topological polar surface area (TPSA) is 0 Å². The Bertz CT molecular complexity index is 497. The summed E-state index contributed by atoms with van der Waals surface area (Å²) in [5.41, 5.74) is 6.23. The van der Waals surface area contributed by atoms with E-state index in [0.29, 0.717) is 5.04 Å². The minimum absolute atomic E-state index is 0. The molecule has 0 heterocycles. The number of rotatable bonds is 4. The Morgan fingerprint density at radius 1 is 1.10 bits per heavy atom. The normalized spacial score (nSPS) is 21.6. The monoisotopic (exact) mass is 310 g/mol. The molecule has 0 amide bonds. The van der Waals surface area contributed by atoms with Crippen LogP contribution in [0.25, 0.3) is 0 Å². The summed E-state index contributed by atoms with van der Waals surface area (Å²) < 4.78 is 0. The van der Waals surface area contributed by atoms with Crippen LogP contribution in [0, 0.1) is 27.7 Å². The Labute approximate surface area is 169 Å². The Morgan fingerprint density at radius 3 is 2.15 bits per heavy atom. The fourth-order valence-electron chi connectivity index (χ4n) is 3.53. The van der Waals surface area contributed by atoms with Gasteiger partial charge in [0.2, 0.25) is 0 Å². The van der Waals surface area contributed by atoms with Gasteiger partial charge in [-0.1, -0.05) is 65.3 Å². The van der Waals surface area contributed by atoms with Crippen molar-refractivity contribution in [3.05, 3.63) is 46.6 Å². The molecule has 0 bridgehead atoms. The molecule has 0 N–H and O–H groups in total. The number of hydrogen-bond acceptors (Lipinski definition) is 0. The van der Waals surface area contributed by atoms with Crippen molar-refractivity contribution in [2.45, 2.75) is 58.9 Å². The summed E-state index contributed by atoms with van der Waals surface area (Å²) in [6, 6.07) is 0. The van der Waals surface area contributed by atoms with E-state index in [-0.39, 0.29) is 60.9 Å². The SMILES string of the molecule is CCCC1([SiH2][c-]2c(C)c(C)c(C)c2C)C=CC=CC1.[K+]. The Balaban J connectivity index is 0.00000200. The van der Waals surface area contributed by atoms with Gasteiger partial charge in [-0.05, 0) is 17.9 Å².